The number of hydrogen-bond donors (Lipinski definition) is 0. The van der Waals surface area contributed by atoms with Crippen molar-refractivity contribution in [2.75, 3.05) is 0 Å². The van der Waals surface area contributed by atoms with Gasteiger partial charge in [-0.25, -0.2) is 0 Å². The van der Waals surface area contributed by atoms with Crippen molar-refractivity contribution in [2.24, 2.45) is 0 Å². The van der Waals surface area contributed by atoms with E-state index in [1.54, 1.807) is 17.1 Å². The number of alkyl halides is 3. The maximum atomic E-state index is 12.3. The van der Waals surface area contributed by atoms with Crippen LogP contribution in [0.15, 0.2) is 35.3 Å². The van der Waals surface area contributed by atoms with Crippen molar-refractivity contribution in [1.29, 1.82) is 0 Å². The van der Waals surface area contributed by atoms with Crippen molar-refractivity contribution >= 4 is 15.9 Å². The van der Waals surface area contributed by atoms with Gasteiger partial charge in [-0.1, -0.05) is 40.2 Å². The van der Waals surface area contributed by atoms with E-state index in [4.69, 9.17) is 0 Å². The van der Waals surface area contributed by atoms with Crippen LogP contribution in [0.5, 0.6) is 0 Å². The number of rotatable bonds is 2. The molecule has 0 saturated heterocycles. The highest BCUT2D eigenvalue weighted by Gasteiger charge is 2.30. The zero-order chi connectivity index (χ0) is 10.6. The molecule has 1 rings (SSSR count). The summed E-state index contributed by atoms with van der Waals surface area (Å²) in [6, 6.07) is 5.32. The lowest BCUT2D eigenvalue weighted by molar-refractivity contribution is -0.137. The summed E-state index contributed by atoms with van der Waals surface area (Å²) in [6.45, 7) is 0. The van der Waals surface area contributed by atoms with Gasteiger partial charge in [0.1, 0.15) is 0 Å². The summed E-state index contributed by atoms with van der Waals surface area (Å²) in [4.78, 5) is 1.63. The van der Waals surface area contributed by atoms with Crippen molar-refractivity contribution in [3.63, 3.8) is 0 Å². The molecule has 0 aliphatic carbocycles. The maximum Gasteiger partial charge on any atom is 0.416 e. The zero-order valence-electron chi connectivity index (χ0n) is 7.18. The van der Waals surface area contributed by atoms with E-state index in [-0.39, 0.29) is 0 Å². The molecule has 0 saturated carbocycles. The Kier molecular flexibility index (Phi) is 3.75. The smallest absolute Gasteiger partial charge is 0.166 e. The Hall–Kier alpha value is -0.770. The predicted molar refractivity (Wildman–Crippen MR) is 53.2 cm³/mol. The Labute approximate surface area is 88.6 Å². The van der Waals surface area contributed by atoms with Crippen LogP contribution in [0.3, 0.4) is 0 Å². The van der Waals surface area contributed by atoms with Crippen molar-refractivity contribution in [3.05, 3.63) is 46.5 Å². The lowest BCUT2D eigenvalue weighted by atomic mass is 10.1. The Bertz CT molecular complexity index is 328. The average Bonchev–Trinajstić information content (AvgIpc) is 2.14. The lowest BCUT2D eigenvalue weighted by Gasteiger charge is -2.07. The van der Waals surface area contributed by atoms with E-state index in [1.807, 2.05) is 0 Å². The van der Waals surface area contributed by atoms with E-state index in [0.29, 0.717) is 12.0 Å². The molecule has 0 aromatic heterocycles. The third-order valence-electron chi connectivity index (χ3n) is 1.70. The van der Waals surface area contributed by atoms with Crippen LogP contribution >= 0.6 is 15.9 Å². The fraction of sp³-hybridized carbons (Fsp3) is 0.200. The van der Waals surface area contributed by atoms with Gasteiger partial charge in [0.2, 0.25) is 0 Å². The first-order valence-corrected chi connectivity index (χ1v) is 4.87. The molecule has 0 amide bonds. The van der Waals surface area contributed by atoms with Gasteiger partial charge in [0.15, 0.2) is 0 Å². The molecule has 1 aromatic rings. The van der Waals surface area contributed by atoms with Crippen LogP contribution in [0.4, 0.5) is 13.2 Å². The van der Waals surface area contributed by atoms with Gasteiger partial charge < -0.3 is 0 Å². The molecular formula is C10H8BrF3. The summed E-state index contributed by atoms with van der Waals surface area (Å²) in [6.07, 6.45) is -2.02. The minimum absolute atomic E-state index is 0.495. The summed E-state index contributed by atoms with van der Waals surface area (Å²) >= 11 is 3.06. The standard InChI is InChI=1S/C10H8BrF3/c11-6-2-4-8-3-1-5-9(7-8)10(12,13)14/h1-3,5-7H,4H2/b6-2+. The molecule has 0 nitrogen and oxygen atoms in total. The van der Waals surface area contributed by atoms with E-state index in [0.717, 1.165) is 12.1 Å². The first-order chi connectivity index (χ1) is 6.54. The van der Waals surface area contributed by atoms with Crippen LogP contribution < -0.4 is 0 Å². The van der Waals surface area contributed by atoms with E-state index < -0.39 is 11.7 Å². The predicted octanol–water partition coefficient (Wildman–Crippen LogP) is 4.16. The quantitative estimate of drug-likeness (QED) is 0.753. The van der Waals surface area contributed by atoms with Crippen LogP contribution in [-0.2, 0) is 12.6 Å². The molecule has 76 valence electrons. The topological polar surface area (TPSA) is 0 Å². The molecule has 14 heavy (non-hydrogen) atoms. The first kappa shape index (κ1) is 11.3. The summed E-state index contributed by atoms with van der Waals surface area (Å²) in [5, 5.41) is 0. The van der Waals surface area contributed by atoms with Crippen LogP contribution in [0, 0.1) is 0 Å². The monoisotopic (exact) mass is 264 g/mol. The van der Waals surface area contributed by atoms with Crippen LogP contribution in [0.1, 0.15) is 11.1 Å². The Morgan fingerprint density at radius 3 is 2.57 bits per heavy atom. The largest absolute Gasteiger partial charge is 0.416 e. The van der Waals surface area contributed by atoms with Crippen molar-refractivity contribution in [1.82, 2.24) is 0 Å². The summed E-state index contributed by atoms with van der Waals surface area (Å²) < 4.78 is 36.8. The summed E-state index contributed by atoms with van der Waals surface area (Å²) in [5.74, 6) is 0. The number of halogens is 4. The second-order valence-electron chi connectivity index (χ2n) is 2.76. The van der Waals surface area contributed by atoms with E-state index in [9.17, 15) is 13.2 Å². The van der Waals surface area contributed by atoms with Gasteiger partial charge in [-0.15, -0.1) is 0 Å². The molecule has 0 aliphatic heterocycles. The van der Waals surface area contributed by atoms with Gasteiger partial charge in [0, 0.05) is 0 Å². The van der Waals surface area contributed by atoms with Crippen LogP contribution in [0.2, 0.25) is 0 Å². The third-order valence-corrected chi connectivity index (χ3v) is 2.07. The first-order valence-electron chi connectivity index (χ1n) is 3.95. The minimum atomic E-state index is -4.26. The molecule has 0 fully saturated rings. The van der Waals surface area contributed by atoms with Gasteiger partial charge in [0.05, 0.1) is 5.56 Å². The highest BCUT2D eigenvalue weighted by atomic mass is 79.9. The van der Waals surface area contributed by atoms with E-state index in [2.05, 4.69) is 15.9 Å². The van der Waals surface area contributed by atoms with Gasteiger partial charge in [0.25, 0.3) is 0 Å². The summed E-state index contributed by atoms with van der Waals surface area (Å²) in [5.41, 5.74) is 0.0495. The van der Waals surface area contributed by atoms with Gasteiger partial charge in [-0.05, 0) is 23.0 Å². The highest BCUT2D eigenvalue weighted by Crippen LogP contribution is 2.29. The molecule has 0 heterocycles. The van der Waals surface area contributed by atoms with Gasteiger partial charge >= 0.3 is 6.18 Å². The third kappa shape index (κ3) is 3.18. The zero-order valence-corrected chi connectivity index (χ0v) is 8.77. The van der Waals surface area contributed by atoms with Crippen molar-refractivity contribution in [3.8, 4) is 0 Å². The number of allylic oxidation sites excluding steroid dienone is 1. The second-order valence-corrected chi connectivity index (χ2v) is 3.29. The Morgan fingerprint density at radius 1 is 1.29 bits per heavy atom. The van der Waals surface area contributed by atoms with Gasteiger partial charge in [-0.2, -0.15) is 13.2 Å². The molecule has 0 unspecified atom stereocenters. The van der Waals surface area contributed by atoms with E-state index >= 15 is 0 Å². The van der Waals surface area contributed by atoms with Crippen LogP contribution in [0.25, 0.3) is 0 Å². The molecule has 0 radical (unpaired) electrons. The molecular weight excluding hydrogens is 257 g/mol. The van der Waals surface area contributed by atoms with Crippen molar-refractivity contribution < 1.29 is 13.2 Å². The molecule has 0 atom stereocenters. The maximum absolute atomic E-state index is 12.3. The molecule has 1 aromatic carbocycles. The van der Waals surface area contributed by atoms with Gasteiger partial charge in [-0.3, -0.25) is 0 Å². The molecule has 0 bridgehead atoms. The van der Waals surface area contributed by atoms with Crippen molar-refractivity contribution in [2.45, 2.75) is 12.6 Å². The molecule has 0 N–H and O–H groups in total. The number of hydrogen-bond acceptors (Lipinski definition) is 0. The second kappa shape index (κ2) is 4.64. The molecule has 0 spiro atoms. The Morgan fingerprint density at radius 2 is 2.00 bits per heavy atom. The Balaban J connectivity index is 2.90. The average molecular weight is 265 g/mol. The lowest BCUT2D eigenvalue weighted by Crippen LogP contribution is -2.04. The van der Waals surface area contributed by atoms with E-state index in [1.165, 1.54) is 6.07 Å². The minimum Gasteiger partial charge on any atom is -0.166 e. The van der Waals surface area contributed by atoms with Crippen LogP contribution in [-0.4, -0.2) is 0 Å². The molecule has 0 aliphatic rings. The fourth-order valence-corrected chi connectivity index (χ4v) is 1.24. The fourth-order valence-electron chi connectivity index (χ4n) is 1.06. The number of benzene rings is 1. The SMILES string of the molecule is FC(F)(F)c1cccc(C/C=C/Br)c1. The highest BCUT2D eigenvalue weighted by molar-refractivity contribution is 9.11. The summed E-state index contributed by atoms with van der Waals surface area (Å²) in [7, 11) is 0. The normalized spacial score (nSPS) is 12.3. The molecule has 4 heteroatoms.